The fraction of sp³-hybridized carbons (Fsp3) is 0.750. The summed E-state index contributed by atoms with van der Waals surface area (Å²) in [6, 6.07) is 0. The number of rotatable bonds is 4. The lowest BCUT2D eigenvalue weighted by atomic mass is 10.6. The minimum atomic E-state index is -3.97. The molecule has 0 aromatic rings. The van der Waals surface area contributed by atoms with Gasteiger partial charge in [0.15, 0.2) is 13.3 Å². The molecule has 0 saturated carbocycles. The highest BCUT2D eigenvalue weighted by Gasteiger charge is 2.30. The van der Waals surface area contributed by atoms with Gasteiger partial charge in [0.25, 0.3) is 0 Å². The minimum absolute atomic E-state index is 1.20. The van der Waals surface area contributed by atoms with Gasteiger partial charge in [-0.1, -0.05) is 0 Å². The van der Waals surface area contributed by atoms with E-state index in [9.17, 15) is 18.0 Å². The van der Waals surface area contributed by atoms with Crippen LogP contribution in [-0.2, 0) is 9.53 Å². The highest BCUT2D eigenvalue weighted by Crippen LogP contribution is 2.14. The summed E-state index contributed by atoms with van der Waals surface area (Å²) in [7, 11) is 0. The molecule has 0 amide bonds. The van der Waals surface area contributed by atoms with Crippen molar-refractivity contribution in [2.75, 3.05) is 13.3 Å². The van der Waals surface area contributed by atoms with Gasteiger partial charge in [0.1, 0.15) is 0 Å². The molecule has 0 unspecified atom stereocenters. The third-order valence-electron chi connectivity index (χ3n) is 0.562. The molecule has 0 aliphatic heterocycles. The van der Waals surface area contributed by atoms with Gasteiger partial charge in [-0.25, -0.2) is 9.18 Å². The zero-order chi connectivity index (χ0) is 8.20. The van der Waals surface area contributed by atoms with E-state index in [0.717, 1.165) is 0 Å². The summed E-state index contributed by atoms with van der Waals surface area (Å²) < 4.78 is 37.8. The largest absolute Gasteiger partial charge is 0.480 e. The summed E-state index contributed by atoms with van der Waals surface area (Å²) in [6.45, 7) is -3.21. The number of carbonyl (C=O) groups is 1. The fourth-order valence-corrected chi connectivity index (χ4v) is 0.206. The Bertz CT molecular complexity index is 125. The van der Waals surface area contributed by atoms with Crippen molar-refractivity contribution in [1.29, 1.82) is 0 Å². The van der Waals surface area contributed by atoms with E-state index in [-0.39, 0.29) is 0 Å². The molecule has 1 N–H and O–H groups in total. The van der Waals surface area contributed by atoms with Crippen LogP contribution >= 0.6 is 0 Å². The van der Waals surface area contributed by atoms with E-state index in [1.54, 1.807) is 0 Å². The molecule has 0 bridgehead atoms. The van der Waals surface area contributed by atoms with Crippen molar-refractivity contribution in [3.05, 3.63) is 0 Å². The monoisotopic (exact) mass is 158 g/mol. The van der Waals surface area contributed by atoms with Gasteiger partial charge in [-0.3, -0.25) is 0 Å². The third-order valence-corrected chi connectivity index (χ3v) is 0.562. The van der Waals surface area contributed by atoms with E-state index >= 15 is 0 Å². The maximum Gasteiger partial charge on any atom is 0.384 e. The topological polar surface area (TPSA) is 46.5 Å². The molecule has 10 heavy (non-hydrogen) atoms. The van der Waals surface area contributed by atoms with Gasteiger partial charge in [0.2, 0.25) is 0 Å². The van der Waals surface area contributed by atoms with Crippen LogP contribution < -0.4 is 0 Å². The van der Waals surface area contributed by atoms with Crippen LogP contribution in [0.2, 0.25) is 0 Å². The molecule has 0 aromatic carbocycles. The van der Waals surface area contributed by atoms with Crippen LogP contribution in [0, 0.1) is 0 Å². The predicted octanol–water partition coefficient (Wildman–Crippen LogP) is 0.650. The predicted molar refractivity (Wildman–Crippen MR) is 24.5 cm³/mol. The molecule has 6 heteroatoms. The smallest absolute Gasteiger partial charge is 0.384 e. The molecule has 0 aliphatic carbocycles. The van der Waals surface area contributed by atoms with Gasteiger partial charge in [-0.15, -0.1) is 0 Å². The molecule has 3 nitrogen and oxygen atoms in total. The Labute approximate surface area is 54.4 Å². The summed E-state index contributed by atoms with van der Waals surface area (Å²) in [5, 5.41) is 7.79. The van der Waals surface area contributed by atoms with E-state index in [1.807, 2.05) is 0 Å². The van der Waals surface area contributed by atoms with Gasteiger partial charge in [0, 0.05) is 0 Å². The zero-order valence-corrected chi connectivity index (χ0v) is 4.81. The first-order valence-corrected chi connectivity index (χ1v) is 2.27. The van der Waals surface area contributed by atoms with Crippen LogP contribution in [0.25, 0.3) is 0 Å². The second kappa shape index (κ2) is 3.40. The van der Waals surface area contributed by atoms with Gasteiger partial charge in [0.05, 0.1) is 0 Å². The van der Waals surface area contributed by atoms with E-state index in [1.165, 1.54) is 0 Å². The average Bonchev–Trinajstić information content (AvgIpc) is 1.85. The highest BCUT2D eigenvalue weighted by atomic mass is 19.3. The van der Waals surface area contributed by atoms with E-state index < -0.39 is 25.4 Å². The second-order valence-corrected chi connectivity index (χ2v) is 1.45. The molecule has 60 valence electrons. The third kappa shape index (κ3) is 4.13. The number of hydrogen-bond acceptors (Lipinski definition) is 2. The SMILES string of the molecule is O=C(O)COC(F)(F)CF. The standard InChI is InChI=1S/C4H5F3O3/c5-2-4(6,7)10-1-3(8)9/h1-2H2,(H,8,9). The van der Waals surface area contributed by atoms with Crippen molar-refractivity contribution in [2.45, 2.75) is 6.11 Å². The first-order chi connectivity index (χ1) is 4.48. The summed E-state index contributed by atoms with van der Waals surface area (Å²) in [4.78, 5) is 9.58. The summed E-state index contributed by atoms with van der Waals surface area (Å²) in [5.41, 5.74) is 0. The second-order valence-electron chi connectivity index (χ2n) is 1.45. The van der Waals surface area contributed by atoms with E-state index in [4.69, 9.17) is 5.11 Å². The normalized spacial score (nSPS) is 11.5. The average molecular weight is 158 g/mol. The van der Waals surface area contributed by atoms with Gasteiger partial charge < -0.3 is 9.84 Å². The lowest BCUT2D eigenvalue weighted by Crippen LogP contribution is -2.26. The number of alkyl halides is 3. The molecule has 0 atom stereocenters. The van der Waals surface area contributed by atoms with Crippen LogP contribution in [-0.4, -0.2) is 30.5 Å². The van der Waals surface area contributed by atoms with Crippen LogP contribution in [0.15, 0.2) is 0 Å². The number of halogens is 3. The Morgan fingerprint density at radius 1 is 1.60 bits per heavy atom. The van der Waals surface area contributed by atoms with Crippen LogP contribution in [0.5, 0.6) is 0 Å². The molecule has 0 saturated heterocycles. The Morgan fingerprint density at radius 2 is 2.10 bits per heavy atom. The van der Waals surface area contributed by atoms with Crippen molar-refractivity contribution in [3.8, 4) is 0 Å². The minimum Gasteiger partial charge on any atom is -0.480 e. The molecule has 0 radical (unpaired) electrons. The molecule has 0 spiro atoms. The van der Waals surface area contributed by atoms with Gasteiger partial charge >= 0.3 is 12.1 Å². The molecule has 0 aromatic heterocycles. The van der Waals surface area contributed by atoms with Crippen molar-refractivity contribution in [2.24, 2.45) is 0 Å². The highest BCUT2D eigenvalue weighted by molar-refractivity contribution is 5.68. The molecule has 0 fully saturated rings. The molecular weight excluding hydrogens is 153 g/mol. The Balaban J connectivity index is 3.56. The van der Waals surface area contributed by atoms with Crippen molar-refractivity contribution >= 4 is 5.97 Å². The zero-order valence-electron chi connectivity index (χ0n) is 4.81. The number of carboxylic acid groups (broad SMARTS) is 1. The Kier molecular flexibility index (Phi) is 3.14. The van der Waals surface area contributed by atoms with Crippen molar-refractivity contribution < 1.29 is 27.8 Å². The maximum atomic E-state index is 11.7. The maximum absolute atomic E-state index is 11.7. The van der Waals surface area contributed by atoms with Gasteiger partial charge in [-0.05, 0) is 0 Å². The first-order valence-electron chi connectivity index (χ1n) is 2.27. The number of aliphatic carboxylic acids is 1. The summed E-state index contributed by atoms with van der Waals surface area (Å²) in [6.07, 6.45) is -3.97. The van der Waals surface area contributed by atoms with E-state index in [0.29, 0.717) is 0 Å². The Hall–Kier alpha value is -0.780. The quantitative estimate of drug-likeness (QED) is 0.653. The number of carboxylic acids is 1. The van der Waals surface area contributed by atoms with Gasteiger partial charge in [-0.2, -0.15) is 8.78 Å². The Morgan fingerprint density at radius 3 is 2.40 bits per heavy atom. The first kappa shape index (κ1) is 9.22. The van der Waals surface area contributed by atoms with Crippen LogP contribution in [0.4, 0.5) is 13.2 Å². The number of hydrogen-bond donors (Lipinski definition) is 1. The lowest BCUT2D eigenvalue weighted by molar-refractivity contribution is -0.246. The molecular formula is C4H5F3O3. The molecule has 0 rings (SSSR count). The van der Waals surface area contributed by atoms with Crippen LogP contribution in [0.3, 0.4) is 0 Å². The fourth-order valence-electron chi connectivity index (χ4n) is 0.206. The summed E-state index contributed by atoms with van der Waals surface area (Å²) in [5.74, 6) is -1.56. The number of ether oxygens (including phenoxy) is 1. The van der Waals surface area contributed by atoms with E-state index in [2.05, 4.69) is 4.74 Å². The van der Waals surface area contributed by atoms with Crippen molar-refractivity contribution in [1.82, 2.24) is 0 Å². The lowest BCUT2D eigenvalue weighted by Gasteiger charge is -2.09. The summed E-state index contributed by atoms with van der Waals surface area (Å²) >= 11 is 0. The van der Waals surface area contributed by atoms with Crippen molar-refractivity contribution in [3.63, 3.8) is 0 Å². The molecule has 0 heterocycles. The molecule has 0 aliphatic rings. The van der Waals surface area contributed by atoms with Crippen LogP contribution in [0.1, 0.15) is 0 Å².